The zero-order chi connectivity index (χ0) is 27.1. The van der Waals surface area contributed by atoms with Crippen molar-refractivity contribution in [2.24, 2.45) is 0 Å². The van der Waals surface area contributed by atoms with Crippen molar-refractivity contribution in [2.75, 3.05) is 0 Å². The van der Waals surface area contributed by atoms with Gasteiger partial charge in [-0.2, -0.15) is 0 Å². The number of benzene rings is 6. The maximum absolute atomic E-state index is 4.04. The predicted octanol–water partition coefficient (Wildman–Crippen LogP) is 9.80. The molecule has 1 nitrogen and oxygen atoms in total. The van der Waals surface area contributed by atoms with Crippen LogP contribution >= 0.6 is 0 Å². The van der Waals surface area contributed by atoms with Gasteiger partial charge >= 0.3 is 0 Å². The fourth-order valence-corrected chi connectivity index (χ4v) is 7.72. The van der Waals surface area contributed by atoms with Crippen LogP contribution < -0.4 is 5.32 Å². The molecule has 0 fully saturated rings. The van der Waals surface area contributed by atoms with Gasteiger partial charge in [-0.15, -0.1) is 0 Å². The summed E-state index contributed by atoms with van der Waals surface area (Å²) in [6, 6.07) is 38.7. The highest BCUT2D eigenvalue weighted by Gasteiger charge is 2.43. The smallest absolute Gasteiger partial charge is 0.0678 e. The molecule has 41 heavy (non-hydrogen) atoms. The Kier molecular flexibility index (Phi) is 4.71. The van der Waals surface area contributed by atoms with Gasteiger partial charge in [0, 0.05) is 6.04 Å². The SMILES string of the molecule is CC12NC3CC=CC=C3C(c3ccc(-c4ccc5ccc6cccc7ccc4c5c67)cc3)=C1C=Cc1ccccc12. The molecule has 194 valence electrons. The first-order chi connectivity index (χ1) is 20.2. The van der Waals surface area contributed by atoms with Gasteiger partial charge in [0.1, 0.15) is 0 Å². The van der Waals surface area contributed by atoms with Crippen molar-refractivity contribution in [3.63, 3.8) is 0 Å². The quantitative estimate of drug-likeness (QED) is 0.223. The van der Waals surface area contributed by atoms with E-state index in [1.54, 1.807) is 0 Å². The third-order valence-electron chi connectivity index (χ3n) is 9.66. The Hall–Kier alpha value is -4.72. The highest BCUT2D eigenvalue weighted by molar-refractivity contribution is 6.25. The molecule has 1 heteroatoms. The summed E-state index contributed by atoms with van der Waals surface area (Å²) in [4.78, 5) is 0. The van der Waals surface area contributed by atoms with E-state index >= 15 is 0 Å². The third kappa shape index (κ3) is 3.21. The molecular formula is C40H29N. The summed E-state index contributed by atoms with van der Waals surface area (Å²) in [5.41, 5.74) is 10.4. The van der Waals surface area contributed by atoms with Crippen molar-refractivity contribution in [3.8, 4) is 11.1 Å². The van der Waals surface area contributed by atoms with Gasteiger partial charge in [0.05, 0.1) is 5.54 Å². The van der Waals surface area contributed by atoms with Crippen LogP contribution in [-0.4, -0.2) is 6.04 Å². The lowest BCUT2D eigenvalue weighted by atomic mass is 9.68. The summed E-state index contributed by atoms with van der Waals surface area (Å²) in [6.45, 7) is 2.36. The summed E-state index contributed by atoms with van der Waals surface area (Å²) in [5, 5.41) is 12.0. The van der Waals surface area contributed by atoms with Crippen molar-refractivity contribution in [1.82, 2.24) is 5.32 Å². The number of hydrogen-bond donors (Lipinski definition) is 1. The lowest BCUT2D eigenvalue weighted by Gasteiger charge is -2.46. The number of hydrogen-bond acceptors (Lipinski definition) is 1. The number of rotatable bonds is 2. The van der Waals surface area contributed by atoms with E-state index in [1.165, 1.54) is 76.9 Å². The first kappa shape index (κ1) is 23.0. The highest BCUT2D eigenvalue weighted by atomic mass is 15.0. The standard InChI is InChI=1S/C40H29N/c1-40-34-11-4-2-7-26(34)21-24-35(40)38(33-10-3-5-12-36(33)41-40)29-15-13-25(14-16-29)31-22-19-30-18-17-27-8-6-9-28-20-23-32(31)39(30)37(27)28/h2-11,13-24,36,41H,12H2,1H3. The Bertz CT molecular complexity index is 2140. The van der Waals surface area contributed by atoms with Gasteiger partial charge in [0.2, 0.25) is 0 Å². The molecule has 1 heterocycles. The first-order valence-electron chi connectivity index (χ1n) is 14.6. The average molecular weight is 524 g/mol. The highest BCUT2D eigenvalue weighted by Crippen LogP contribution is 2.49. The van der Waals surface area contributed by atoms with E-state index in [1.807, 2.05) is 0 Å². The normalized spacial score (nSPS) is 21.3. The van der Waals surface area contributed by atoms with Crippen LogP contribution in [0.5, 0.6) is 0 Å². The number of fused-ring (bicyclic) bond motifs is 4. The lowest BCUT2D eigenvalue weighted by molar-refractivity contribution is 0.381. The van der Waals surface area contributed by atoms with Crippen molar-refractivity contribution in [3.05, 3.63) is 155 Å². The molecule has 0 bridgehead atoms. The van der Waals surface area contributed by atoms with Gasteiger partial charge in [-0.25, -0.2) is 0 Å². The summed E-state index contributed by atoms with van der Waals surface area (Å²) in [5.74, 6) is 0. The monoisotopic (exact) mass is 523 g/mol. The fourth-order valence-electron chi connectivity index (χ4n) is 7.72. The van der Waals surface area contributed by atoms with E-state index in [4.69, 9.17) is 0 Å². The second-order valence-corrected chi connectivity index (χ2v) is 11.9. The molecule has 3 aliphatic rings. The van der Waals surface area contributed by atoms with Gasteiger partial charge in [-0.1, -0.05) is 134 Å². The molecule has 6 aromatic carbocycles. The summed E-state index contributed by atoms with van der Waals surface area (Å²) < 4.78 is 0. The maximum Gasteiger partial charge on any atom is 0.0678 e. The minimum Gasteiger partial charge on any atom is -0.297 e. The van der Waals surface area contributed by atoms with E-state index in [2.05, 4.69) is 146 Å². The Morgan fingerprint density at radius 3 is 2.27 bits per heavy atom. The van der Waals surface area contributed by atoms with Crippen LogP contribution in [0, 0.1) is 0 Å². The van der Waals surface area contributed by atoms with Gasteiger partial charge in [-0.3, -0.25) is 5.32 Å². The Morgan fingerprint density at radius 1 is 0.683 bits per heavy atom. The molecule has 0 spiro atoms. The topological polar surface area (TPSA) is 12.0 Å². The zero-order valence-electron chi connectivity index (χ0n) is 23.0. The van der Waals surface area contributed by atoms with Crippen molar-refractivity contribution < 1.29 is 0 Å². The van der Waals surface area contributed by atoms with E-state index in [-0.39, 0.29) is 5.54 Å². The molecule has 0 saturated carbocycles. The van der Waals surface area contributed by atoms with E-state index in [9.17, 15) is 0 Å². The molecule has 6 aromatic rings. The van der Waals surface area contributed by atoms with E-state index in [0.717, 1.165) is 6.42 Å². The molecule has 9 rings (SSSR count). The molecule has 0 aromatic heterocycles. The van der Waals surface area contributed by atoms with Gasteiger partial charge in [0.25, 0.3) is 0 Å². The molecule has 2 aliphatic carbocycles. The lowest BCUT2D eigenvalue weighted by Crippen LogP contribution is -2.52. The fraction of sp³-hybridized carbons (Fsp3) is 0.100. The van der Waals surface area contributed by atoms with Crippen LogP contribution in [0.25, 0.3) is 55.1 Å². The van der Waals surface area contributed by atoms with Crippen LogP contribution in [0.2, 0.25) is 0 Å². The predicted molar refractivity (Wildman–Crippen MR) is 174 cm³/mol. The summed E-state index contributed by atoms with van der Waals surface area (Å²) in [7, 11) is 0. The van der Waals surface area contributed by atoms with Crippen LogP contribution in [0.4, 0.5) is 0 Å². The van der Waals surface area contributed by atoms with Crippen LogP contribution in [-0.2, 0) is 5.54 Å². The van der Waals surface area contributed by atoms with Crippen LogP contribution in [0.15, 0.2) is 139 Å². The van der Waals surface area contributed by atoms with Crippen LogP contribution in [0.1, 0.15) is 30.0 Å². The van der Waals surface area contributed by atoms with Gasteiger partial charge in [-0.05, 0) is 90.2 Å². The molecule has 0 radical (unpaired) electrons. The molecule has 2 atom stereocenters. The minimum atomic E-state index is -0.237. The summed E-state index contributed by atoms with van der Waals surface area (Å²) >= 11 is 0. The molecule has 2 unspecified atom stereocenters. The molecule has 1 aliphatic heterocycles. The minimum absolute atomic E-state index is 0.237. The average Bonchev–Trinajstić information content (AvgIpc) is 3.02. The third-order valence-corrected chi connectivity index (χ3v) is 9.66. The van der Waals surface area contributed by atoms with Crippen molar-refractivity contribution in [2.45, 2.75) is 24.9 Å². The molecular weight excluding hydrogens is 494 g/mol. The van der Waals surface area contributed by atoms with Crippen LogP contribution in [0.3, 0.4) is 0 Å². The zero-order valence-corrected chi connectivity index (χ0v) is 23.0. The second kappa shape index (κ2) is 8.39. The van der Waals surface area contributed by atoms with Gasteiger partial charge < -0.3 is 0 Å². The number of nitrogens with one attached hydrogen (secondary N) is 1. The molecule has 0 saturated heterocycles. The molecule has 1 N–H and O–H groups in total. The van der Waals surface area contributed by atoms with E-state index < -0.39 is 0 Å². The van der Waals surface area contributed by atoms with Gasteiger partial charge in [0.15, 0.2) is 0 Å². The molecule has 0 amide bonds. The van der Waals surface area contributed by atoms with E-state index in [0.29, 0.717) is 6.04 Å². The second-order valence-electron chi connectivity index (χ2n) is 11.9. The maximum atomic E-state index is 4.04. The van der Waals surface area contributed by atoms with Crippen molar-refractivity contribution >= 4 is 44.0 Å². The first-order valence-corrected chi connectivity index (χ1v) is 14.6. The Labute approximate surface area is 240 Å². The van der Waals surface area contributed by atoms with Crippen molar-refractivity contribution in [1.29, 1.82) is 0 Å². The summed E-state index contributed by atoms with van der Waals surface area (Å²) in [6.07, 6.45) is 12.4. The Morgan fingerprint density at radius 2 is 1.41 bits per heavy atom. The Balaban J connectivity index is 1.22. The number of allylic oxidation sites excluding steroid dienone is 2. The largest absolute Gasteiger partial charge is 0.297 e.